The summed E-state index contributed by atoms with van der Waals surface area (Å²) in [4.78, 5) is 0. The lowest BCUT2D eigenvalue weighted by Crippen LogP contribution is -2.49. The zero-order valence-corrected chi connectivity index (χ0v) is 11.5. The van der Waals surface area contributed by atoms with Crippen molar-refractivity contribution in [2.45, 2.75) is 58.8 Å². The minimum atomic E-state index is -0.441. The molecule has 2 aliphatic rings. The summed E-state index contributed by atoms with van der Waals surface area (Å²) in [6.07, 6.45) is 3.20. The van der Waals surface area contributed by atoms with E-state index in [2.05, 4.69) is 27.7 Å². The first-order valence-corrected chi connectivity index (χ1v) is 6.81. The molecule has 3 atom stereocenters. The molecule has 0 amide bonds. The van der Waals surface area contributed by atoms with Gasteiger partial charge in [0.2, 0.25) is 0 Å². The van der Waals surface area contributed by atoms with E-state index in [0.29, 0.717) is 18.4 Å². The molecule has 17 heavy (non-hydrogen) atoms. The van der Waals surface area contributed by atoms with Crippen LogP contribution in [0.1, 0.15) is 47.0 Å². The van der Waals surface area contributed by atoms with Crippen LogP contribution in [0, 0.1) is 17.3 Å². The second kappa shape index (κ2) is 4.52. The maximum absolute atomic E-state index is 9.23. The summed E-state index contributed by atoms with van der Waals surface area (Å²) < 4.78 is 12.1. The van der Waals surface area contributed by atoms with Crippen LogP contribution in [-0.4, -0.2) is 30.2 Å². The Morgan fingerprint density at radius 1 is 1.35 bits per heavy atom. The number of ether oxygens (including phenoxy) is 2. The standard InChI is InChI=1S/C14H26O3/c1-10(2)12-5-6-13(3,4)9-14(12)16-8-11(7-15)17-14/h10-12,15H,5-9H2,1-4H3. The Balaban J connectivity index is 2.19. The van der Waals surface area contributed by atoms with Crippen LogP contribution in [0.25, 0.3) is 0 Å². The Morgan fingerprint density at radius 3 is 2.59 bits per heavy atom. The third-order valence-corrected chi connectivity index (χ3v) is 4.31. The van der Waals surface area contributed by atoms with Crippen LogP contribution in [0.15, 0.2) is 0 Å². The van der Waals surface area contributed by atoms with Crippen LogP contribution in [0.2, 0.25) is 0 Å². The predicted octanol–water partition coefficient (Wildman–Crippen LogP) is 2.57. The summed E-state index contributed by atoms with van der Waals surface area (Å²) in [5.41, 5.74) is 0.274. The third-order valence-electron chi connectivity index (χ3n) is 4.31. The van der Waals surface area contributed by atoms with E-state index < -0.39 is 5.79 Å². The predicted molar refractivity (Wildman–Crippen MR) is 66.6 cm³/mol. The number of hydrogen-bond donors (Lipinski definition) is 1. The first-order chi connectivity index (χ1) is 7.88. The summed E-state index contributed by atoms with van der Waals surface area (Å²) in [6.45, 7) is 9.64. The highest BCUT2D eigenvalue weighted by atomic mass is 16.7. The van der Waals surface area contributed by atoms with Gasteiger partial charge in [-0.15, -0.1) is 0 Å². The number of rotatable bonds is 2. The Labute approximate surface area is 104 Å². The second-order valence-electron chi connectivity index (χ2n) is 6.78. The van der Waals surface area contributed by atoms with E-state index >= 15 is 0 Å². The Morgan fingerprint density at radius 2 is 2.06 bits per heavy atom. The highest BCUT2D eigenvalue weighted by molar-refractivity contribution is 4.96. The van der Waals surface area contributed by atoms with Crippen molar-refractivity contribution in [1.82, 2.24) is 0 Å². The van der Waals surface area contributed by atoms with Gasteiger partial charge in [-0.1, -0.05) is 27.7 Å². The molecule has 1 saturated carbocycles. The van der Waals surface area contributed by atoms with Crippen LogP contribution in [0.4, 0.5) is 0 Å². The van der Waals surface area contributed by atoms with Crippen LogP contribution in [-0.2, 0) is 9.47 Å². The van der Waals surface area contributed by atoms with E-state index in [0.717, 1.165) is 12.8 Å². The molecule has 0 bridgehead atoms. The summed E-state index contributed by atoms with van der Waals surface area (Å²) in [5, 5.41) is 9.23. The van der Waals surface area contributed by atoms with Gasteiger partial charge >= 0.3 is 0 Å². The SMILES string of the molecule is CC(C)C1CCC(C)(C)CC12OCC(CO)O2. The van der Waals surface area contributed by atoms with Gasteiger partial charge in [0.05, 0.1) is 13.2 Å². The fourth-order valence-electron chi connectivity index (χ4n) is 3.46. The average Bonchev–Trinajstić information content (AvgIpc) is 2.59. The Hall–Kier alpha value is -0.120. The van der Waals surface area contributed by atoms with E-state index in [1.54, 1.807) is 0 Å². The van der Waals surface area contributed by atoms with E-state index in [1.165, 1.54) is 6.42 Å². The Bertz CT molecular complexity index is 275. The molecule has 1 aliphatic carbocycles. The summed E-state index contributed by atoms with van der Waals surface area (Å²) in [7, 11) is 0. The van der Waals surface area contributed by atoms with Gasteiger partial charge in [0.15, 0.2) is 5.79 Å². The highest BCUT2D eigenvalue weighted by Crippen LogP contribution is 2.51. The van der Waals surface area contributed by atoms with Gasteiger partial charge in [0, 0.05) is 12.3 Å². The lowest BCUT2D eigenvalue weighted by atomic mass is 9.66. The van der Waals surface area contributed by atoms with Gasteiger partial charge in [-0.2, -0.15) is 0 Å². The molecule has 3 heteroatoms. The molecule has 0 aromatic heterocycles. The first kappa shape index (κ1) is 13.3. The molecule has 0 aromatic rings. The van der Waals surface area contributed by atoms with Gasteiger partial charge in [-0.3, -0.25) is 0 Å². The molecule has 1 spiro atoms. The van der Waals surface area contributed by atoms with Gasteiger partial charge in [0.1, 0.15) is 6.10 Å². The van der Waals surface area contributed by atoms with Crippen molar-refractivity contribution < 1.29 is 14.6 Å². The van der Waals surface area contributed by atoms with Crippen LogP contribution in [0.3, 0.4) is 0 Å². The van der Waals surface area contributed by atoms with Crippen molar-refractivity contribution >= 4 is 0 Å². The van der Waals surface area contributed by atoms with Crippen LogP contribution >= 0.6 is 0 Å². The fraction of sp³-hybridized carbons (Fsp3) is 1.00. The van der Waals surface area contributed by atoms with Gasteiger partial charge in [-0.25, -0.2) is 0 Å². The smallest absolute Gasteiger partial charge is 0.172 e. The number of aliphatic hydroxyl groups excluding tert-OH is 1. The lowest BCUT2D eigenvalue weighted by molar-refractivity contribution is -0.250. The van der Waals surface area contributed by atoms with E-state index in [4.69, 9.17) is 9.47 Å². The molecule has 1 N–H and O–H groups in total. The van der Waals surface area contributed by atoms with Gasteiger partial charge < -0.3 is 14.6 Å². The average molecular weight is 242 g/mol. The van der Waals surface area contributed by atoms with Crippen molar-refractivity contribution in [3.05, 3.63) is 0 Å². The van der Waals surface area contributed by atoms with Crippen molar-refractivity contribution in [3.8, 4) is 0 Å². The molecule has 0 radical (unpaired) electrons. The minimum Gasteiger partial charge on any atom is -0.394 e. The molecule has 2 fully saturated rings. The topological polar surface area (TPSA) is 38.7 Å². The molecule has 2 rings (SSSR count). The molecule has 3 unspecified atom stereocenters. The molecule has 1 aliphatic heterocycles. The first-order valence-electron chi connectivity index (χ1n) is 6.81. The van der Waals surface area contributed by atoms with Crippen molar-refractivity contribution in [1.29, 1.82) is 0 Å². The monoisotopic (exact) mass is 242 g/mol. The molecular weight excluding hydrogens is 216 g/mol. The van der Waals surface area contributed by atoms with Crippen LogP contribution < -0.4 is 0 Å². The van der Waals surface area contributed by atoms with Gasteiger partial charge in [0.25, 0.3) is 0 Å². The Kier molecular flexibility index (Phi) is 3.54. The normalized spacial score (nSPS) is 41.3. The number of aliphatic hydroxyl groups is 1. The second-order valence-corrected chi connectivity index (χ2v) is 6.78. The lowest BCUT2D eigenvalue weighted by Gasteiger charge is -2.48. The van der Waals surface area contributed by atoms with E-state index in [1.807, 2.05) is 0 Å². The molecule has 3 nitrogen and oxygen atoms in total. The highest BCUT2D eigenvalue weighted by Gasteiger charge is 2.53. The molecule has 0 aromatic carbocycles. The zero-order chi connectivity index (χ0) is 12.7. The van der Waals surface area contributed by atoms with Crippen LogP contribution in [0.5, 0.6) is 0 Å². The third kappa shape index (κ3) is 2.51. The summed E-state index contributed by atoms with van der Waals surface area (Å²) >= 11 is 0. The molecular formula is C14H26O3. The van der Waals surface area contributed by atoms with Crippen molar-refractivity contribution in [2.75, 3.05) is 13.2 Å². The van der Waals surface area contributed by atoms with Crippen molar-refractivity contribution in [3.63, 3.8) is 0 Å². The fourth-order valence-corrected chi connectivity index (χ4v) is 3.46. The maximum Gasteiger partial charge on any atom is 0.172 e. The molecule has 1 heterocycles. The molecule has 100 valence electrons. The summed E-state index contributed by atoms with van der Waals surface area (Å²) in [5.74, 6) is 0.569. The maximum atomic E-state index is 9.23. The number of hydrogen-bond acceptors (Lipinski definition) is 3. The largest absolute Gasteiger partial charge is 0.394 e. The summed E-state index contributed by atoms with van der Waals surface area (Å²) in [6, 6.07) is 0. The van der Waals surface area contributed by atoms with E-state index in [9.17, 15) is 5.11 Å². The zero-order valence-electron chi connectivity index (χ0n) is 11.5. The van der Waals surface area contributed by atoms with Crippen molar-refractivity contribution in [2.24, 2.45) is 17.3 Å². The molecule has 1 saturated heterocycles. The van der Waals surface area contributed by atoms with Gasteiger partial charge in [-0.05, 0) is 24.2 Å². The quantitative estimate of drug-likeness (QED) is 0.809. The van der Waals surface area contributed by atoms with E-state index in [-0.39, 0.29) is 18.1 Å². The minimum absolute atomic E-state index is 0.0625.